The summed E-state index contributed by atoms with van der Waals surface area (Å²) in [6.45, 7) is 8.74. The maximum absolute atomic E-state index is 5.80. The van der Waals surface area contributed by atoms with Gasteiger partial charge in [-0.05, 0) is 49.7 Å². The van der Waals surface area contributed by atoms with Gasteiger partial charge in [-0.15, -0.1) is 0 Å². The van der Waals surface area contributed by atoms with Crippen molar-refractivity contribution in [3.8, 4) is 5.75 Å². The number of fused-ring (bicyclic) bond motifs is 1. The molecule has 1 unspecified atom stereocenters. The zero-order valence-electron chi connectivity index (χ0n) is 15.9. The molecule has 0 aliphatic carbocycles. The van der Waals surface area contributed by atoms with E-state index in [2.05, 4.69) is 35.3 Å². The van der Waals surface area contributed by atoms with Crippen LogP contribution >= 0.6 is 0 Å². The molecule has 26 heavy (non-hydrogen) atoms. The molecule has 3 aliphatic heterocycles. The molecule has 5 nitrogen and oxygen atoms in total. The van der Waals surface area contributed by atoms with Gasteiger partial charge in [0.15, 0.2) is 5.96 Å². The van der Waals surface area contributed by atoms with Crippen LogP contribution in [0.5, 0.6) is 5.75 Å². The molecule has 2 fully saturated rings. The minimum Gasteiger partial charge on any atom is -0.493 e. The van der Waals surface area contributed by atoms with E-state index in [0.29, 0.717) is 11.3 Å². The van der Waals surface area contributed by atoms with Gasteiger partial charge in [-0.2, -0.15) is 0 Å². The number of hydrogen-bond acceptors (Lipinski definition) is 3. The number of para-hydroxylation sites is 1. The first-order valence-corrected chi connectivity index (χ1v) is 10.1. The Kier molecular flexibility index (Phi) is 5.34. The van der Waals surface area contributed by atoms with Gasteiger partial charge in [-0.1, -0.05) is 18.2 Å². The van der Waals surface area contributed by atoms with Crippen LogP contribution < -0.4 is 10.1 Å². The Morgan fingerprint density at radius 1 is 1.23 bits per heavy atom. The van der Waals surface area contributed by atoms with Gasteiger partial charge in [-0.25, -0.2) is 0 Å². The maximum Gasteiger partial charge on any atom is 0.193 e. The van der Waals surface area contributed by atoms with Gasteiger partial charge < -0.3 is 19.7 Å². The summed E-state index contributed by atoms with van der Waals surface area (Å²) in [6, 6.07) is 8.41. The van der Waals surface area contributed by atoms with E-state index in [1.54, 1.807) is 0 Å². The Morgan fingerprint density at radius 2 is 2.08 bits per heavy atom. The Bertz CT molecular complexity index is 640. The average Bonchev–Trinajstić information content (AvgIpc) is 3.09. The highest BCUT2D eigenvalue weighted by atomic mass is 16.5. The van der Waals surface area contributed by atoms with Gasteiger partial charge in [-0.3, -0.25) is 4.99 Å². The van der Waals surface area contributed by atoms with Crippen molar-refractivity contribution in [2.45, 2.75) is 38.5 Å². The van der Waals surface area contributed by atoms with Crippen LogP contribution in [0.3, 0.4) is 0 Å². The molecular formula is C21H31N3O2. The smallest absolute Gasteiger partial charge is 0.193 e. The van der Waals surface area contributed by atoms with Gasteiger partial charge >= 0.3 is 0 Å². The lowest BCUT2D eigenvalue weighted by Gasteiger charge is -2.33. The van der Waals surface area contributed by atoms with Crippen LogP contribution in [0.15, 0.2) is 29.3 Å². The van der Waals surface area contributed by atoms with Crippen LogP contribution in [0.25, 0.3) is 0 Å². The molecule has 1 spiro atoms. The van der Waals surface area contributed by atoms with E-state index in [0.717, 1.165) is 64.1 Å². The van der Waals surface area contributed by atoms with Crippen molar-refractivity contribution >= 4 is 5.96 Å². The fourth-order valence-corrected chi connectivity index (χ4v) is 4.56. The Balaban J connectivity index is 1.45. The van der Waals surface area contributed by atoms with Crippen LogP contribution in [0.4, 0.5) is 0 Å². The lowest BCUT2D eigenvalue weighted by Crippen LogP contribution is -2.42. The molecule has 1 aromatic carbocycles. The lowest BCUT2D eigenvalue weighted by molar-refractivity contribution is 0.0217. The second-order valence-electron chi connectivity index (χ2n) is 7.85. The highest BCUT2D eigenvalue weighted by Crippen LogP contribution is 2.40. The number of guanidine groups is 1. The third-order valence-corrected chi connectivity index (χ3v) is 6.17. The predicted octanol–water partition coefficient (Wildman–Crippen LogP) is 3.02. The molecule has 1 atom stereocenters. The Hall–Kier alpha value is -1.75. The zero-order chi connectivity index (χ0) is 17.8. The molecule has 1 N–H and O–H groups in total. The summed E-state index contributed by atoms with van der Waals surface area (Å²) in [6.07, 6.45) is 4.69. The molecule has 0 amide bonds. The largest absolute Gasteiger partial charge is 0.493 e. The van der Waals surface area contributed by atoms with Crippen molar-refractivity contribution in [1.82, 2.24) is 10.2 Å². The highest BCUT2D eigenvalue weighted by Gasteiger charge is 2.40. The second-order valence-corrected chi connectivity index (χ2v) is 7.85. The van der Waals surface area contributed by atoms with Gasteiger partial charge in [0.05, 0.1) is 6.61 Å². The molecule has 0 bridgehead atoms. The molecular weight excluding hydrogens is 326 g/mol. The molecule has 142 valence electrons. The van der Waals surface area contributed by atoms with Crippen LogP contribution in [0.2, 0.25) is 0 Å². The lowest BCUT2D eigenvalue weighted by atomic mass is 9.80. The second kappa shape index (κ2) is 7.87. The quantitative estimate of drug-likeness (QED) is 0.667. The normalized spacial score (nSPS) is 25.0. The number of rotatable bonds is 3. The SMILES string of the molecule is CCNC(=NCC1CCOc2ccccc21)N1CCC2(CCOCC2)C1. The van der Waals surface area contributed by atoms with Crippen LogP contribution in [0, 0.1) is 5.41 Å². The van der Waals surface area contributed by atoms with Crippen LogP contribution in [-0.4, -0.2) is 56.9 Å². The van der Waals surface area contributed by atoms with E-state index in [-0.39, 0.29) is 0 Å². The molecule has 3 aliphatic rings. The highest BCUT2D eigenvalue weighted by molar-refractivity contribution is 5.80. The molecule has 0 saturated carbocycles. The van der Waals surface area contributed by atoms with Crippen molar-refractivity contribution in [2.75, 3.05) is 46.0 Å². The zero-order valence-corrected chi connectivity index (χ0v) is 15.9. The number of aliphatic imine (C=N–C) groups is 1. The Labute approximate surface area is 156 Å². The monoisotopic (exact) mass is 357 g/mol. The summed E-state index contributed by atoms with van der Waals surface area (Å²) < 4.78 is 11.4. The molecule has 2 saturated heterocycles. The number of ether oxygens (including phenoxy) is 2. The van der Waals surface area contributed by atoms with E-state index in [1.165, 1.54) is 24.8 Å². The first-order valence-electron chi connectivity index (χ1n) is 10.1. The topological polar surface area (TPSA) is 46.1 Å². The number of benzene rings is 1. The van der Waals surface area contributed by atoms with Gasteiger partial charge in [0.25, 0.3) is 0 Å². The third kappa shape index (κ3) is 3.68. The molecule has 3 heterocycles. The predicted molar refractivity (Wildman–Crippen MR) is 104 cm³/mol. The first kappa shape index (κ1) is 17.7. The Morgan fingerprint density at radius 3 is 2.92 bits per heavy atom. The number of nitrogens with zero attached hydrogens (tertiary/aromatic N) is 2. The standard InChI is InChI=1S/C21H31N3O2/c1-2-22-20(24-11-8-21(16-24)9-13-25-14-10-21)23-15-17-7-12-26-19-6-4-3-5-18(17)19/h3-6,17H,2,7-16H2,1H3,(H,22,23). The summed E-state index contributed by atoms with van der Waals surface area (Å²) in [4.78, 5) is 7.51. The molecule has 1 aromatic rings. The fraction of sp³-hybridized carbons (Fsp3) is 0.667. The number of hydrogen-bond donors (Lipinski definition) is 1. The van der Waals surface area contributed by atoms with Crippen molar-refractivity contribution in [3.05, 3.63) is 29.8 Å². The van der Waals surface area contributed by atoms with E-state index in [9.17, 15) is 0 Å². The van der Waals surface area contributed by atoms with Crippen molar-refractivity contribution in [1.29, 1.82) is 0 Å². The number of likely N-dealkylation sites (tertiary alicyclic amines) is 1. The molecule has 5 heteroatoms. The van der Waals surface area contributed by atoms with Crippen molar-refractivity contribution in [2.24, 2.45) is 10.4 Å². The summed E-state index contributed by atoms with van der Waals surface area (Å²) >= 11 is 0. The molecule has 0 aromatic heterocycles. The summed E-state index contributed by atoms with van der Waals surface area (Å²) in [5.74, 6) is 2.57. The van der Waals surface area contributed by atoms with E-state index >= 15 is 0 Å². The van der Waals surface area contributed by atoms with Crippen LogP contribution in [-0.2, 0) is 4.74 Å². The fourth-order valence-electron chi connectivity index (χ4n) is 4.56. The van der Waals surface area contributed by atoms with E-state index in [1.807, 2.05) is 6.07 Å². The van der Waals surface area contributed by atoms with Gasteiger partial charge in [0, 0.05) is 45.3 Å². The molecule has 4 rings (SSSR count). The number of nitrogens with one attached hydrogen (secondary N) is 1. The van der Waals surface area contributed by atoms with Crippen molar-refractivity contribution < 1.29 is 9.47 Å². The minimum absolute atomic E-state index is 0.444. The first-order chi connectivity index (χ1) is 12.8. The van der Waals surface area contributed by atoms with Crippen LogP contribution in [0.1, 0.15) is 44.1 Å². The van der Waals surface area contributed by atoms with E-state index in [4.69, 9.17) is 14.5 Å². The minimum atomic E-state index is 0.444. The van der Waals surface area contributed by atoms with Crippen molar-refractivity contribution in [3.63, 3.8) is 0 Å². The van der Waals surface area contributed by atoms with Gasteiger partial charge in [0.1, 0.15) is 5.75 Å². The summed E-state index contributed by atoms with van der Waals surface area (Å²) in [5.41, 5.74) is 1.75. The van der Waals surface area contributed by atoms with E-state index < -0.39 is 0 Å². The average molecular weight is 357 g/mol. The summed E-state index contributed by atoms with van der Waals surface area (Å²) in [5, 5.41) is 3.52. The molecule has 0 radical (unpaired) electrons. The summed E-state index contributed by atoms with van der Waals surface area (Å²) in [7, 11) is 0. The third-order valence-electron chi connectivity index (χ3n) is 6.17. The van der Waals surface area contributed by atoms with Gasteiger partial charge in [0.2, 0.25) is 0 Å². The maximum atomic E-state index is 5.80.